The van der Waals surface area contributed by atoms with Gasteiger partial charge in [-0.2, -0.15) is 5.21 Å². The summed E-state index contributed by atoms with van der Waals surface area (Å²) in [6, 6.07) is 3.09. The van der Waals surface area contributed by atoms with Crippen LogP contribution in [0, 0.1) is 0 Å². The van der Waals surface area contributed by atoms with Crippen LogP contribution in [0.15, 0.2) is 18.3 Å². The molecule has 0 amide bonds. The predicted molar refractivity (Wildman–Crippen MR) is 79.8 cm³/mol. The molecule has 3 rings (SSSR count). The number of aromatic nitrogens is 6. The lowest BCUT2D eigenvalue weighted by molar-refractivity contribution is 0.0462. The number of halogens is 1. The summed E-state index contributed by atoms with van der Waals surface area (Å²) in [5.41, 5.74) is 0.814. The topological polar surface area (TPSA) is 139 Å². The zero-order chi connectivity index (χ0) is 16.8. The molecule has 3 heterocycles. The van der Waals surface area contributed by atoms with E-state index in [9.17, 15) is 14.4 Å². The van der Waals surface area contributed by atoms with Crippen LogP contribution in [0.25, 0.3) is 17.2 Å². The molecule has 0 aromatic carbocycles. The van der Waals surface area contributed by atoms with Crippen LogP contribution in [0.2, 0.25) is 5.02 Å². The number of fused-ring (bicyclic) bond motifs is 1. The van der Waals surface area contributed by atoms with Crippen molar-refractivity contribution >= 4 is 24.8 Å². The SMILES string of the molecule is COC(C)(c1c(Cl)ccc2ncc(-c3nn[nH]n3)n12)P(=O)(O)O. The quantitative estimate of drug-likeness (QED) is 0.590. The van der Waals surface area contributed by atoms with Crippen LogP contribution in [0.1, 0.15) is 12.6 Å². The minimum atomic E-state index is -4.73. The van der Waals surface area contributed by atoms with Crippen LogP contribution in [0.5, 0.6) is 0 Å². The number of aromatic amines is 1. The van der Waals surface area contributed by atoms with E-state index in [1.807, 2.05) is 0 Å². The van der Waals surface area contributed by atoms with Gasteiger partial charge in [0.25, 0.3) is 0 Å². The number of tetrazole rings is 1. The normalized spacial score (nSPS) is 15.0. The lowest BCUT2D eigenvalue weighted by atomic mass is 10.2. The first-order valence-corrected chi connectivity index (χ1v) is 8.29. The van der Waals surface area contributed by atoms with Crippen molar-refractivity contribution < 1.29 is 19.1 Å². The van der Waals surface area contributed by atoms with Gasteiger partial charge in [0.15, 0.2) is 0 Å². The largest absolute Gasteiger partial charge is 0.362 e. The van der Waals surface area contributed by atoms with Crippen molar-refractivity contribution in [2.75, 3.05) is 7.11 Å². The standard InChI is InChI=1S/C11H12ClN6O4P/c1-11(22-2,23(19,20)21)9-6(12)3-4-8-13-5-7(18(8)9)10-14-16-17-15-10/h3-5H,1-2H3,(H2,19,20,21)(H,14,15,16,17). The molecule has 122 valence electrons. The molecule has 0 spiro atoms. The third-order valence-electron chi connectivity index (χ3n) is 3.58. The van der Waals surface area contributed by atoms with Crippen molar-refractivity contribution in [3.05, 3.63) is 29.0 Å². The van der Waals surface area contributed by atoms with Gasteiger partial charge in [-0.1, -0.05) is 11.6 Å². The second-order valence-corrected chi connectivity index (χ2v) is 7.18. The van der Waals surface area contributed by atoms with E-state index in [2.05, 4.69) is 25.6 Å². The molecule has 0 aliphatic heterocycles. The van der Waals surface area contributed by atoms with Crippen LogP contribution in [-0.2, 0) is 14.6 Å². The summed E-state index contributed by atoms with van der Waals surface area (Å²) in [5, 5.41) is 11.6. The summed E-state index contributed by atoms with van der Waals surface area (Å²) in [7, 11) is -3.54. The number of H-pyrrole nitrogens is 1. The number of methoxy groups -OCH3 is 1. The number of nitrogens with zero attached hydrogens (tertiary/aromatic N) is 5. The monoisotopic (exact) mass is 358 g/mol. The fourth-order valence-electron chi connectivity index (χ4n) is 2.26. The van der Waals surface area contributed by atoms with E-state index in [0.29, 0.717) is 11.3 Å². The van der Waals surface area contributed by atoms with Gasteiger partial charge in [-0.15, -0.1) is 10.2 Å². The molecule has 1 unspecified atom stereocenters. The Balaban J connectivity index is 2.43. The van der Waals surface area contributed by atoms with Crippen molar-refractivity contribution in [3.63, 3.8) is 0 Å². The summed E-state index contributed by atoms with van der Waals surface area (Å²) >= 11 is 6.23. The zero-order valence-electron chi connectivity index (χ0n) is 12.0. The summed E-state index contributed by atoms with van der Waals surface area (Å²) < 4.78 is 18.6. The maximum absolute atomic E-state index is 12.0. The van der Waals surface area contributed by atoms with Crippen LogP contribution >= 0.6 is 19.2 Å². The Bertz CT molecular complexity index is 907. The van der Waals surface area contributed by atoms with Crippen molar-refractivity contribution in [2.24, 2.45) is 0 Å². The van der Waals surface area contributed by atoms with Crippen LogP contribution in [-0.4, -0.2) is 46.9 Å². The molecule has 0 bridgehead atoms. The molecule has 3 N–H and O–H groups in total. The average molecular weight is 359 g/mol. The van der Waals surface area contributed by atoms with Gasteiger partial charge in [-0.3, -0.25) is 8.97 Å². The highest BCUT2D eigenvalue weighted by Crippen LogP contribution is 2.58. The molecular formula is C11H12ClN6O4P. The van der Waals surface area contributed by atoms with Gasteiger partial charge in [-0.25, -0.2) is 4.98 Å². The number of imidazole rings is 1. The minimum absolute atomic E-state index is 0.0461. The number of ether oxygens (including phenoxy) is 1. The number of hydrogen-bond acceptors (Lipinski definition) is 6. The second-order valence-electron chi connectivity index (χ2n) is 4.83. The van der Waals surface area contributed by atoms with E-state index >= 15 is 0 Å². The Morgan fingerprint density at radius 2 is 2.17 bits per heavy atom. The smallest absolute Gasteiger partial charge is 0.360 e. The van der Waals surface area contributed by atoms with Crippen molar-refractivity contribution in [1.82, 2.24) is 30.0 Å². The number of pyridine rings is 1. The molecule has 23 heavy (non-hydrogen) atoms. The Labute approximate surface area is 134 Å². The van der Waals surface area contributed by atoms with Gasteiger partial charge in [0.1, 0.15) is 11.3 Å². The van der Waals surface area contributed by atoms with Gasteiger partial charge in [0, 0.05) is 7.11 Å². The molecule has 0 saturated heterocycles. The highest BCUT2D eigenvalue weighted by molar-refractivity contribution is 7.52. The molecule has 3 aromatic heterocycles. The molecule has 0 fully saturated rings. The molecular weight excluding hydrogens is 347 g/mol. The zero-order valence-corrected chi connectivity index (χ0v) is 13.7. The molecule has 0 saturated carbocycles. The van der Waals surface area contributed by atoms with Crippen molar-refractivity contribution in [3.8, 4) is 11.5 Å². The number of rotatable bonds is 4. The fraction of sp³-hybridized carbons (Fsp3) is 0.273. The van der Waals surface area contributed by atoms with Crippen molar-refractivity contribution in [1.29, 1.82) is 0 Å². The molecule has 3 aromatic rings. The van der Waals surface area contributed by atoms with E-state index in [0.717, 1.165) is 0 Å². The summed E-state index contributed by atoms with van der Waals surface area (Å²) in [4.78, 5) is 23.7. The van der Waals surface area contributed by atoms with Crippen LogP contribution in [0.3, 0.4) is 0 Å². The fourth-order valence-corrected chi connectivity index (χ4v) is 3.39. The summed E-state index contributed by atoms with van der Waals surface area (Å²) in [6.45, 7) is 1.26. The van der Waals surface area contributed by atoms with Gasteiger partial charge >= 0.3 is 7.60 Å². The Morgan fingerprint density at radius 3 is 2.74 bits per heavy atom. The molecule has 10 nitrogen and oxygen atoms in total. The summed E-state index contributed by atoms with van der Waals surface area (Å²) in [5.74, 6) is 0.199. The second kappa shape index (κ2) is 5.36. The van der Waals surface area contributed by atoms with E-state index in [4.69, 9.17) is 16.3 Å². The number of hydrogen-bond donors (Lipinski definition) is 3. The predicted octanol–water partition coefficient (Wildman–Crippen LogP) is 1.16. The molecule has 1 atom stereocenters. The molecule has 12 heteroatoms. The first-order valence-electron chi connectivity index (χ1n) is 6.30. The molecule has 0 radical (unpaired) electrons. The van der Waals surface area contributed by atoms with Gasteiger partial charge in [0.05, 0.1) is 16.9 Å². The van der Waals surface area contributed by atoms with Gasteiger partial charge in [-0.05, 0) is 24.3 Å². The lowest BCUT2D eigenvalue weighted by Crippen LogP contribution is -2.28. The molecule has 0 aliphatic rings. The maximum Gasteiger partial charge on any atom is 0.362 e. The van der Waals surface area contributed by atoms with E-state index in [-0.39, 0.29) is 16.5 Å². The number of nitrogens with one attached hydrogen (secondary N) is 1. The first-order chi connectivity index (χ1) is 10.8. The maximum atomic E-state index is 12.0. The average Bonchev–Trinajstić information content (AvgIpc) is 3.13. The van der Waals surface area contributed by atoms with E-state index < -0.39 is 12.9 Å². The van der Waals surface area contributed by atoms with Crippen LogP contribution in [0.4, 0.5) is 0 Å². The first kappa shape index (κ1) is 16.0. The van der Waals surface area contributed by atoms with Gasteiger partial charge in [0.2, 0.25) is 11.2 Å². The summed E-state index contributed by atoms with van der Waals surface area (Å²) in [6.07, 6.45) is 1.45. The highest BCUT2D eigenvalue weighted by Gasteiger charge is 2.48. The molecule has 0 aliphatic carbocycles. The highest BCUT2D eigenvalue weighted by atomic mass is 35.5. The Hall–Kier alpha value is -1.84. The Morgan fingerprint density at radius 1 is 1.43 bits per heavy atom. The van der Waals surface area contributed by atoms with E-state index in [1.165, 1.54) is 30.7 Å². The van der Waals surface area contributed by atoms with Crippen molar-refractivity contribution in [2.45, 2.75) is 12.3 Å². The minimum Gasteiger partial charge on any atom is -0.360 e. The lowest BCUT2D eigenvalue weighted by Gasteiger charge is -2.30. The van der Waals surface area contributed by atoms with Crippen LogP contribution < -0.4 is 0 Å². The third kappa shape index (κ3) is 2.35. The van der Waals surface area contributed by atoms with E-state index in [1.54, 1.807) is 6.07 Å². The Kier molecular flexibility index (Phi) is 3.74. The third-order valence-corrected chi connectivity index (χ3v) is 5.40. The van der Waals surface area contributed by atoms with Gasteiger partial charge < -0.3 is 14.5 Å².